The number of nitrogens with zero attached hydrogens (tertiary/aromatic N) is 3. The molecule has 0 radical (unpaired) electrons. The molecular weight excluding hydrogens is 310 g/mol. The number of carbonyl (C=O) groups excluding carboxylic acids is 1. The first-order valence-electron chi connectivity index (χ1n) is 9.94. The summed E-state index contributed by atoms with van der Waals surface area (Å²) in [6, 6.07) is 9.20. The average molecular weight is 344 g/mol. The van der Waals surface area contributed by atoms with E-state index in [9.17, 15) is 4.79 Å². The zero-order valence-corrected chi connectivity index (χ0v) is 15.9. The topological polar surface area (TPSA) is 26.8 Å². The van der Waals surface area contributed by atoms with E-state index in [0.717, 1.165) is 25.2 Å². The van der Waals surface area contributed by atoms with E-state index in [0.29, 0.717) is 6.04 Å². The molecule has 0 aromatic heterocycles. The second kappa shape index (κ2) is 8.81. The number of likely N-dealkylation sites (tertiary alicyclic amines) is 1. The summed E-state index contributed by atoms with van der Waals surface area (Å²) in [5.74, 6) is 0.164. The van der Waals surface area contributed by atoms with E-state index in [1.165, 1.54) is 57.3 Å². The average Bonchev–Trinajstić information content (AvgIpc) is 2.65. The van der Waals surface area contributed by atoms with Gasteiger partial charge in [-0.1, -0.05) is 31.0 Å². The van der Waals surface area contributed by atoms with Gasteiger partial charge in [0.25, 0.3) is 0 Å². The van der Waals surface area contributed by atoms with Crippen LogP contribution in [0.1, 0.15) is 51.0 Å². The normalized spacial score (nSPS) is 22.2. The molecule has 1 fully saturated rings. The molecule has 0 aliphatic carbocycles. The molecule has 0 unspecified atom stereocenters. The second-order valence-corrected chi connectivity index (χ2v) is 7.72. The quantitative estimate of drug-likeness (QED) is 0.781. The predicted octanol–water partition coefficient (Wildman–Crippen LogP) is 3.51. The Kier molecular flexibility index (Phi) is 6.49. The van der Waals surface area contributed by atoms with Gasteiger partial charge in [0, 0.05) is 31.7 Å². The van der Waals surface area contributed by atoms with Crippen molar-refractivity contribution >= 4 is 11.6 Å². The molecular formula is C21H33N3O. The van der Waals surface area contributed by atoms with Gasteiger partial charge in [0.2, 0.25) is 5.91 Å². The number of amides is 1. The van der Waals surface area contributed by atoms with Crippen LogP contribution in [-0.2, 0) is 11.3 Å². The number of anilines is 1. The van der Waals surface area contributed by atoms with Crippen LogP contribution < -0.4 is 4.90 Å². The Morgan fingerprint density at radius 3 is 2.36 bits per heavy atom. The minimum absolute atomic E-state index is 0.164. The van der Waals surface area contributed by atoms with Crippen molar-refractivity contribution < 1.29 is 4.79 Å². The molecule has 4 heteroatoms. The van der Waals surface area contributed by atoms with Crippen LogP contribution in [0.3, 0.4) is 0 Å². The van der Waals surface area contributed by atoms with Crippen molar-refractivity contribution in [3.63, 3.8) is 0 Å². The summed E-state index contributed by atoms with van der Waals surface area (Å²) in [6.45, 7) is 7.09. The summed E-state index contributed by atoms with van der Waals surface area (Å²) in [5.41, 5.74) is 2.42. The van der Waals surface area contributed by atoms with Crippen LogP contribution in [-0.4, -0.2) is 55.0 Å². The van der Waals surface area contributed by atoms with Crippen LogP contribution >= 0.6 is 0 Å². The zero-order valence-electron chi connectivity index (χ0n) is 15.9. The molecule has 1 saturated heterocycles. The Bertz CT molecular complexity index is 566. The lowest BCUT2D eigenvalue weighted by Gasteiger charge is -2.38. The molecule has 4 nitrogen and oxygen atoms in total. The van der Waals surface area contributed by atoms with Gasteiger partial charge in [-0.05, 0) is 64.0 Å². The fraction of sp³-hybridized carbons (Fsp3) is 0.667. The zero-order chi connectivity index (χ0) is 17.6. The van der Waals surface area contributed by atoms with E-state index in [1.54, 1.807) is 6.92 Å². The van der Waals surface area contributed by atoms with Gasteiger partial charge in [0.1, 0.15) is 0 Å². The molecule has 0 spiro atoms. The molecule has 0 atom stereocenters. The summed E-state index contributed by atoms with van der Waals surface area (Å²) in [5, 5.41) is 0. The Morgan fingerprint density at radius 2 is 1.64 bits per heavy atom. The Hall–Kier alpha value is -1.39. The third-order valence-corrected chi connectivity index (χ3v) is 5.82. The Labute approximate surface area is 152 Å². The van der Waals surface area contributed by atoms with Gasteiger partial charge in [-0.25, -0.2) is 0 Å². The van der Waals surface area contributed by atoms with E-state index < -0.39 is 0 Å². The van der Waals surface area contributed by atoms with Crippen molar-refractivity contribution in [1.29, 1.82) is 0 Å². The molecule has 0 bridgehead atoms. The number of fused-ring (bicyclic) bond motifs is 1. The van der Waals surface area contributed by atoms with Gasteiger partial charge in [0.15, 0.2) is 0 Å². The summed E-state index contributed by atoms with van der Waals surface area (Å²) in [7, 11) is 2.23. The molecule has 0 N–H and O–H groups in total. The molecule has 25 heavy (non-hydrogen) atoms. The van der Waals surface area contributed by atoms with Crippen LogP contribution in [0.4, 0.5) is 5.69 Å². The van der Waals surface area contributed by atoms with Crippen molar-refractivity contribution in [1.82, 2.24) is 9.80 Å². The molecule has 1 aromatic rings. The van der Waals surface area contributed by atoms with E-state index >= 15 is 0 Å². The maximum Gasteiger partial charge on any atom is 0.223 e. The second-order valence-electron chi connectivity index (χ2n) is 7.72. The molecule has 3 rings (SSSR count). The fourth-order valence-corrected chi connectivity index (χ4v) is 4.26. The van der Waals surface area contributed by atoms with Crippen LogP contribution in [0, 0.1) is 0 Å². The van der Waals surface area contributed by atoms with Crippen molar-refractivity contribution in [3.05, 3.63) is 29.8 Å². The number of hydrogen-bond donors (Lipinski definition) is 0. The smallest absolute Gasteiger partial charge is 0.223 e. The minimum Gasteiger partial charge on any atom is -0.312 e. The van der Waals surface area contributed by atoms with E-state index in [4.69, 9.17) is 0 Å². The number of rotatable bonds is 1. The fourth-order valence-electron chi connectivity index (χ4n) is 4.26. The highest BCUT2D eigenvalue weighted by atomic mass is 16.2. The third kappa shape index (κ3) is 4.83. The molecule has 138 valence electrons. The lowest BCUT2D eigenvalue weighted by molar-refractivity contribution is -0.116. The molecule has 2 heterocycles. The van der Waals surface area contributed by atoms with Crippen LogP contribution in [0.5, 0.6) is 0 Å². The van der Waals surface area contributed by atoms with Crippen LogP contribution in [0.15, 0.2) is 24.3 Å². The maximum absolute atomic E-state index is 12.2. The highest BCUT2D eigenvalue weighted by molar-refractivity contribution is 5.92. The van der Waals surface area contributed by atoms with Gasteiger partial charge >= 0.3 is 0 Å². The van der Waals surface area contributed by atoms with E-state index in [1.807, 2.05) is 4.90 Å². The number of hydrogen-bond acceptors (Lipinski definition) is 3. The van der Waals surface area contributed by atoms with Crippen molar-refractivity contribution in [2.24, 2.45) is 0 Å². The summed E-state index contributed by atoms with van der Waals surface area (Å²) >= 11 is 0. The summed E-state index contributed by atoms with van der Waals surface area (Å²) < 4.78 is 0. The lowest BCUT2D eigenvalue weighted by atomic mass is 10.0. The SMILES string of the molecule is CC(=O)N1CCCCCCN(C2CCN(C)CC2)Cc2ccccc21. The number of benzene rings is 1. The molecule has 2 aliphatic rings. The van der Waals surface area contributed by atoms with Crippen LogP contribution in [0.2, 0.25) is 0 Å². The monoisotopic (exact) mass is 343 g/mol. The molecule has 1 aromatic carbocycles. The van der Waals surface area contributed by atoms with Crippen molar-refractivity contribution in [2.45, 2.75) is 58.0 Å². The molecule has 1 amide bonds. The summed E-state index contributed by atoms with van der Waals surface area (Å²) in [4.78, 5) is 19.4. The maximum atomic E-state index is 12.2. The van der Waals surface area contributed by atoms with Crippen molar-refractivity contribution in [3.8, 4) is 0 Å². The Morgan fingerprint density at radius 1 is 0.960 bits per heavy atom. The van der Waals surface area contributed by atoms with Gasteiger partial charge in [-0.15, -0.1) is 0 Å². The van der Waals surface area contributed by atoms with E-state index in [2.05, 4.69) is 41.1 Å². The van der Waals surface area contributed by atoms with E-state index in [-0.39, 0.29) is 5.91 Å². The third-order valence-electron chi connectivity index (χ3n) is 5.82. The van der Waals surface area contributed by atoms with Crippen molar-refractivity contribution in [2.75, 3.05) is 38.1 Å². The van der Waals surface area contributed by atoms with Gasteiger partial charge in [-0.3, -0.25) is 9.69 Å². The number of piperidine rings is 1. The first kappa shape index (κ1) is 18.4. The number of para-hydroxylation sites is 1. The predicted molar refractivity (Wildman–Crippen MR) is 104 cm³/mol. The van der Waals surface area contributed by atoms with Gasteiger partial charge in [-0.2, -0.15) is 0 Å². The highest BCUT2D eigenvalue weighted by Gasteiger charge is 2.25. The number of carbonyl (C=O) groups is 1. The first-order chi connectivity index (χ1) is 12.1. The largest absolute Gasteiger partial charge is 0.312 e. The molecule has 0 saturated carbocycles. The van der Waals surface area contributed by atoms with Gasteiger partial charge in [0.05, 0.1) is 0 Å². The molecule has 2 aliphatic heterocycles. The minimum atomic E-state index is 0.164. The summed E-state index contributed by atoms with van der Waals surface area (Å²) in [6.07, 6.45) is 7.37. The van der Waals surface area contributed by atoms with Crippen LogP contribution in [0.25, 0.3) is 0 Å². The Balaban J connectivity index is 1.84. The van der Waals surface area contributed by atoms with Gasteiger partial charge < -0.3 is 9.80 Å². The standard InChI is InChI=1S/C21H33N3O/c1-18(25)24-14-8-4-3-7-13-23(20-11-15-22(2)16-12-20)17-19-9-5-6-10-21(19)24/h5-6,9-10,20H,3-4,7-8,11-17H2,1-2H3. The first-order valence-corrected chi connectivity index (χ1v) is 9.94. The highest BCUT2D eigenvalue weighted by Crippen LogP contribution is 2.27. The lowest BCUT2D eigenvalue weighted by Crippen LogP contribution is -2.44.